The van der Waals surface area contributed by atoms with Crippen LogP contribution in [0.1, 0.15) is 24.2 Å². The van der Waals surface area contributed by atoms with Gasteiger partial charge in [0.2, 0.25) is 0 Å². The summed E-state index contributed by atoms with van der Waals surface area (Å²) < 4.78 is 16.9. The van der Waals surface area contributed by atoms with Crippen LogP contribution in [0, 0.1) is 0 Å². The second kappa shape index (κ2) is 8.13. The Hall–Kier alpha value is -3.34. The number of aromatic nitrogens is 1. The van der Waals surface area contributed by atoms with E-state index in [1.165, 1.54) is 5.57 Å². The van der Waals surface area contributed by atoms with Gasteiger partial charge < -0.3 is 13.9 Å². The molecule has 0 fully saturated rings. The van der Waals surface area contributed by atoms with Crippen molar-refractivity contribution in [2.24, 2.45) is 4.99 Å². The number of aliphatic imine (C=N–C) groups is 1. The molecular formula is C23H22N2O3. The van der Waals surface area contributed by atoms with E-state index in [9.17, 15) is 0 Å². The Morgan fingerprint density at radius 2 is 2.00 bits per heavy atom. The lowest BCUT2D eigenvalue weighted by atomic mass is 9.96. The highest BCUT2D eigenvalue weighted by Crippen LogP contribution is 2.35. The van der Waals surface area contributed by atoms with E-state index < -0.39 is 0 Å². The second-order valence-corrected chi connectivity index (χ2v) is 6.51. The van der Waals surface area contributed by atoms with Crippen LogP contribution in [-0.4, -0.2) is 31.5 Å². The lowest BCUT2D eigenvalue weighted by Gasteiger charge is -2.15. The molecule has 142 valence electrons. The van der Waals surface area contributed by atoms with Crippen LogP contribution in [0.4, 0.5) is 0 Å². The van der Waals surface area contributed by atoms with Crippen LogP contribution >= 0.6 is 0 Å². The fourth-order valence-corrected chi connectivity index (χ4v) is 3.35. The topological polar surface area (TPSA) is 56.9 Å². The number of furan rings is 1. The van der Waals surface area contributed by atoms with Gasteiger partial charge in [-0.3, -0.25) is 9.98 Å². The fourth-order valence-electron chi connectivity index (χ4n) is 3.35. The Labute approximate surface area is 164 Å². The zero-order valence-corrected chi connectivity index (χ0v) is 16.0. The van der Waals surface area contributed by atoms with Crippen LogP contribution in [0.2, 0.25) is 0 Å². The first-order valence-corrected chi connectivity index (χ1v) is 9.26. The van der Waals surface area contributed by atoms with Crippen LogP contribution in [-0.2, 0) is 0 Å². The molecule has 0 atom stereocenters. The predicted octanol–water partition coefficient (Wildman–Crippen LogP) is 5.03. The maximum atomic E-state index is 6.10. The summed E-state index contributed by atoms with van der Waals surface area (Å²) in [6.45, 7) is 0.841. The molecule has 3 aromatic rings. The molecule has 0 aliphatic carbocycles. The van der Waals surface area contributed by atoms with Gasteiger partial charge in [0.1, 0.15) is 23.0 Å². The van der Waals surface area contributed by atoms with Crippen molar-refractivity contribution in [1.82, 2.24) is 4.98 Å². The first-order valence-electron chi connectivity index (χ1n) is 9.26. The highest BCUT2D eigenvalue weighted by Gasteiger charge is 2.16. The maximum absolute atomic E-state index is 6.10. The van der Waals surface area contributed by atoms with Gasteiger partial charge in [-0.15, -0.1) is 0 Å². The van der Waals surface area contributed by atoms with Gasteiger partial charge in [0.15, 0.2) is 0 Å². The summed E-state index contributed by atoms with van der Waals surface area (Å²) in [5.74, 6) is 3.00. The van der Waals surface area contributed by atoms with Crippen molar-refractivity contribution in [3.63, 3.8) is 0 Å². The van der Waals surface area contributed by atoms with Gasteiger partial charge >= 0.3 is 0 Å². The van der Waals surface area contributed by atoms with Crippen molar-refractivity contribution in [1.29, 1.82) is 0 Å². The number of pyridine rings is 1. The van der Waals surface area contributed by atoms with Crippen LogP contribution < -0.4 is 9.47 Å². The molecule has 3 heterocycles. The molecule has 4 rings (SSSR count). The molecule has 5 heteroatoms. The highest BCUT2D eigenvalue weighted by atomic mass is 16.5. The minimum absolute atomic E-state index is 0.711. The van der Waals surface area contributed by atoms with Crippen LogP contribution in [0.5, 0.6) is 11.5 Å². The summed E-state index contributed by atoms with van der Waals surface area (Å²) in [5, 5.41) is 0. The molecule has 2 aromatic heterocycles. The van der Waals surface area contributed by atoms with Crippen molar-refractivity contribution in [3.05, 3.63) is 71.8 Å². The van der Waals surface area contributed by atoms with Crippen LogP contribution in [0.15, 0.2) is 69.8 Å². The van der Waals surface area contributed by atoms with E-state index in [4.69, 9.17) is 18.9 Å². The molecule has 0 saturated heterocycles. The molecule has 1 aliphatic rings. The van der Waals surface area contributed by atoms with Gasteiger partial charge in [-0.2, -0.15) is 0 Å². The van der Waals surface area contributed by atoms with E-state index in [-0.39, 0.29) is 0 Å². The van der Waals surface area contributed by atoms with E-state index in [1.54, 1.807) is 20.4 Å². The fraction of sp³-hybridized carbons (Fsp3) is 0.217. The Balaban J connectivity index is 1.66. The van der Waals surface area contributed by atoms with Gasteiger partial charge in [0, 0.05) is 30.6 Å². The van der Waals surface area contributed by atoms with Gasteiger partial charge in [0.05, 0.1) is 25.5 Å². The largest absolute Gasteiger partial charge is 0.497 e. The minimum Gasteiger partial charge on any atom is -0.497 e. The Bertz CT molecular complexity index is 1020. The maximum Gasteiger partial charge on any atom is 0.138 e. The summed E-state index contributed by atoms with van der Waals surface area (Å²) in [5.41, 5.74) is 4.09. The molecule has 28 heavy (non-hydrogen) atoms. The first-order chi connectivity index (χ1) is 13.8. The molecule has 0 N–H and O–H groups in total. The number of benzene rings is 1. The monoisotopic (exact) mass is 374 g/mol. The van der Waals surface area contributed by atoms with Crippen molar-refractivity contribution < 1.29 is 13.9 Å². The quantitative estimate of drug-likeness (QED) is 0.629. The Morgan fingerprint density at radius 3 is 2.79 bits per heavy atom. The Morgan fingerprint density at radius 1 is 1.07 bits per heavy atom. The molecule has 0 saturated carbocycles. The molecule has 0 radical (unpaired) electrons. The second-order valence-electron chi connectivity index (χ2n) is 6.51. The molecule has 0 amide bonds. The first kappa shape index (κ1) is 18.0. The van der Waals surface area contributed by atoms with E-state index in [1.807, 2.05) is 48.7 Å². The average molecular weight is 374 g/mol. The number of allylic oxidation sites excluding steroid dienone is 1. The predicted molar refractivity (Wildman–Crippen MR) is 110 cm³/mol. The summed E-state index contributed by atoms with van der Waals surface area (Å²) in [7, 11) is 3.28. The zero-order chi connectivity index (χ0) is 19.3. The molecule has 0 spiro atoms. The number of methoxy groups -OCH3 is 2. The summed E-state index contributed by atoms with van der Waals surface area (Å²) in [6.07, 6.45) is 7.71. The third-order valence-electron chi connectivity index (χ3n) is 4.73. The van der Waals surface area contributed by atoms with Crippen molar-refractivity contribution in [3.8, 4) is 22.8 Å². The lowest BCUT2D eigenvalue weighted by molar-refractivity contribution is 0.394. The standard InChI is InChI=1S/C23H22N2O3/c1-26-18-7-9-20(22(14-18)27-2)21-10-8-19(28-21)13-16-5-4-12-25-23(16)17-6-3-11-24-15-17/h3,6-11,13-15H,4-5,12H2,1-2H3. The number of nitrogens with zero attached hydrogens (tertiary/aromatic N) is 2. The number of hydrogen-bond acceptors (Lipinski definition) is 5. The number of rotatable bonds is 5. The van der Waals surface area contributed by atoms with Gasteiger partial charge in [-0.1, -0.05) is 0 Å². The van der Waals surface area contributed by atoms with E-state index in [0.717, 1.165) is 53.5 Å². The highest BCUT2D eigenvalue weighted by molar-refractivity contribution is 6.15. The van der Waals surface area contributed by atoms with Crippen LogP contribution in [0.3, 0.4) is 0 Å². The van der Waals surface area contributed by atoms with Gasteiger partial charge in [-0.05, 0) is 60.9 Å². The molecule has 1 aromatic carbocycles. The van der Waals surface area contributed by atoms with Gasteiger partial charge in [0.25, 0.3) is 0 Å². The SMILES string of the molecule is COc1ccc(-c2ccc(C=C3CCCN=C3c3cccnc3)o2)c(OC)c1. The average Bonchev–Trinajstić information content (AvgIpc) is 3.22. The third kappa shape index (κ3) is 3.69. The smallest absolute Gasteiger partial charge is 0.138 e. The van der Waals surface area contributed by atoms with Crippen LogP contribution in [0.25, 0.3) is 17.4 Å². The molecule has 5 nitrogen and oxygen atoms in total. The lowest BCUT2D eigenvalue weighted by Crippen LogP contribution is -2.11. The van der Waals surface area contributed by atoms with Crippen molar-refractivity contribution in [2.45, 2.75) is 12.8 Å². The molecular weight excluding hydrogens is 352 g/mol. The number of ether oxygens (including phenoxy) is 2. The summed E-state index contributed by atoms with van der Waals surface area (Å²) in [6, 6.07) is 13.6. The zero-order valence-electron chi connectivity index (χ0n) is 16.0. The van der Waals surface area contributed by atoms with Crippen molar-refractivity contribution in [2.75, 3.05) is 20.8 Å². The molecule has 0 bridgehead atoms. The van der Waals surface area contributed by atoms with E-state index in [2.05, 4.69) is 11.1 Å². The van der Waals surface area contributed by atoms with E-state index in [0.29, 0.717) is 5.75 Å². The molecule has 1 aliphatic heterocycles. The summed E-state index contributed by atoms with van der Waals surface area (Å²) >= 11 is 0. The Kier molecular flexibility index (Phi) is 5.24. The number of hydrogen-bond donors (Lipinski definition) is 0. The van der Waals surface area contributed by atoms with Crippen molar-refractivity contribution >= 4 is 11.8 Å². The van der Waals surface area contributed by atoms with E-state index >= 15 is 0 Å². The van der Waals surface area contributed by atoms with Gasteiger partial charge in [-0.25, -0.2) is 0 Å². The third-order valence-corrected chi connectivity index (χ3v) is 4.73. The normalized spacial score (nSPS) is 15.4. The minimum atomic E-state index is 0.711. The molecule has 0 unspecified atom stereocenters. The summed E-state index contributed by atoms with van der Waals surface area (Å²) in [4.78, 5) is 8.94.